The molecule has 0 bridgehead atoms. The van der Waals surface area contributed by atoms with E-state index in [9.17, 15) is 5.26 Å². The van der Waals surface area contributed by atoms with E-state index >= 15 is 0 Å². The smallest absolute Gasteiger partial charge is 0.211 e. The Bertz CT molecular complexity index is 1050. The molecule has 3 rings (SSSR count). The number of aryl methyl sites for hydroxylation is 1. The second-order valence-electron chi connectivity index (χ2n) is 6.65. The number of aliphatic imine (C=N–C) groups is 1. The van der Waals surface area contributed by atoms with Gasteiger partial charge in [0.2, 0.25) is 5.96 Å². The van der Waals surface area contributed by atoms with Crippen LogP contribution in [-0.2, 0) is 0 Å². The number of pyridine rings is 1. The molecule has 9 nitrogen and oxygen atoms in total. The number of guanidine groups is 1. The van der Waals surface area contributed by atoms with Gasteiger partial charge in [0, 0.05) is 11.1 Å². The zero-order valence-corrected chi connectivity index (χ0v) is 16.3. The number of fused-ring (bicyclic) bond motifs is 1. The first-order valence-corrected chi connectivity index (χ1v) is 9.22. The first kappa shape index (κ1) is 19.8. The minimum atomic E-state index is -0.626. The van der Waals surface area contributed by atoms with Crippen LogP contribution in [0.1, 0.15) is 48.1 Å². The van der Waals surface area contributed by atoms with E-state index in [0.717, 1.165) is 24.0 Å². The summed E-state index contributed by atoms with van der Waals surface area (Å²) in [6.07, 6.45) is 3.77. The molecule has 1 aliphatic rings. The van der Waals surface area contributed by atoms with E-state index in [2.05, 4.69) is 27.5 Å². The highest BCUT2D eigenvalue weighted by Gasteiger charge is 2.31. The van der Waals surface area contributed by atoms with Crippen LogP contribution in [0, 0.1) is 29.7 Å². The molecule has 0 amide bonds. The van der Waals surface area contributed by atoms with E-state index in [-0.39, 0.29) is 23.0 Å². The molecule has 1 aromatic carbocycles. The third-order valence-corrected chi connectivity index (χ3v) is 4.57. The summed E-state index contributed by atoms with van der Waals surface area (Å²) in [6.45, 7) is 4.62. The molecule has 1 aliphatic heterocycles. The number of nitrogens with two attached hydrogens (primary N) is 2. The number of aromatic nitrogens is 1. The molecule has 1 atom stereocenters. The predicted octanol–water partition coefficient (Wildman–Crippen LogP) is 2.55. The molecule has 1 aromatic heterocycles. The molecule has 0 saturated carbocycles. The largest absolute Gasteiger partial charge is 0.493 e. The van der Waals surface area contributed by atoms with E-state index in [1.165, 1.54) is 0 Å². The number of rotatable bonds is 5. The van der Waals surface area contributed by atoms with Crippen molar-refractivity contribution in [2.24, 2.45) is 4.99 Å². The summed E-state index contributed by atoms with van der Waals surface area (Å²) < 4.78 is 5.99. The lowest BCUT2D eigenvalue weighted by Crippen LogP contribution is -2.33. The number of unbranched alkanes of at least 4 members (excludes halogenated alkanes) is 1. The summed E-state index contributed by atoms with van der Waals surface area (Å²) in [5, 5.41) is 23.9. The average Bonchev–Trinajstić information content (AvgIpc) is 2.69. The lowest BCUT2D eigenvalue weighted by Gasteiger charge is -2.27. The minimum Gasteiger partial charge on any atom is -0.493 e. The molecule has 29 heavy (non-hydrogen) atoms. The van der Waals surface area contributed by atoms with Crippen molar-refractivity contribution in [2.45, 2.75) is 32.7 Å². The van der Waals surface area contributed by atoms with Crippen molar-refractivity contribution in [3.05, 3.63) is 40.5 Å². The van der Waals surface area contributed by atoms with Crippen LogP contribution in [0.3, 0.4) is 0 Å². The fourth-order valence-electron chi connectivity index (χ4n) is 3.15. The summed E-state index contributed by atoms with van der Waals surface area (Å²) in [7, 11) is 0. The van der Waals surface area contributed by atoms with Crippen LogP contribution in [0.25, 0.3) is 0 Å². The number of nitrogens with one attached hydrogen (secondary N) is 2. The summed E-state index contributed by atoms with van der Waals surface area (Å²) in [5.74, 6) is 1.23. The van der Waals surface area contributed by atoms with E-state index in [1.54, 1.807) is 0 Å². The van der Waals surface area contributed by atoms with Gasteiger partial charge in [-0.05, 0) is 25.5 Å². The number of nitrogen functional groups attached to an aromatic ring is 2. The van der Waals surface area contributed by atoms with E-state index in [0.29, 0.717) is 23.7 Å². The molecule has 6 N–H and O–H groups in total. The summed E-state index contributed by atoms with van der Waals surface area (Å²) in [6, 6.07) is 7.18. The fourth-order valence-corrected chi connectivity index (χ4v) is 3.15. The molecule has 1 unspecified atom stereocenters. The van der Waals surface area contributed by atoms with E-state index < -0.39 is 6.04 Å². The number of hydrogen-bond donors (Lipinski definition) is 4. The summed E-state index contributed by atoms with van der Waals surface area (Å²) in [5.41, 5.74) is 14.8. The van der Waals surface area contributed by atoms with E-state index in [1.807, 2.05) is 37.4 Å². The molecule has 0 spiro atoms. The Balaban J connectivity index is 2.20. The van der Waals surface area contributed by atoms with Crippen LogP contribution in [0.15, 0.2) is 23.2 Å². The number of ether oxygens (including phenoxy) is 1. The Morgan fingerprint density at radius 1 is 1.31 bits per heavy atom. The SMILES string of the molecule is CCCCOc1ccc(C)cc1C1N=C(NC#N)Nc2nc(N)c(C#N)c(N)c21. The molecule has 2 heterocycles. The minimum absolute atomic E-state index is 0.0110. The fraction of sp³-hybridized carbons (Fsp3) is 0.300. The van der Waals surface area contributed by atoms with Crippen LogP contribution < -0.4 is 26.8 Å². The highest BCUT2D eigenvalue weighted by Crippen LogP contribution is 2.43. The topological polar surface area (TPSA) is 158 Å². The molecule has 0 aliphatic carbocycles. The van der Waals surface area contributed by atoms with Crippen molar-refractivity contribution in [1.29, 1.82) is 10.5 Å². The maximum Gasteiger partial charge on any atom is 0.211 e. The first-order valence-electron chi connectivity index (χ1n) is 9.22. The van der Waals surface area contributed by atoms with Crippen molar-refractivity contribution in [2.75, 3.05) is 23.4 Å². The number of benzene rings is 1. The van der Waals surface area contributed by atoms with Crippen molar-refractivity contribution in [1.82, 2.24) is 10.3 Å². The first-order chi connectivity index (χ1) is 14.0. The van der Waals surface area contributed by atoms with Crippen LogP contribution in [0.2, 0.25) is 0 Å². The van der Waals surface area contributed by atoms with Gasteiger partial charge in [0.25, 0.3) is 0 Å². The Morgan fingerprint density at radius 2 is 2.10 bits per heavy atom. The lowest BCUT2D eigenvalue weighted by atomic mass is 9.93. The second-order valence-corrected chi connectivity index (χ2v) is 6.65. The Kier molecular flexibility index (Phi) is 5.70. The van der Waals surface area contributed by atoms with Crippen molar-refractivity contribution in [3.63, 3.8) is 0 Å². The maximum absolute atomic E-state index is 9.45. The Morgan fingerprint density at radius 3 is 2.79 bits per heavy atom. The standard InChI is InChI=1S/C20H22N8O/c1-3-4-7-29-14-6-5-11(2)8-12(14)17-15-16(23)13(9-21)18(24)27-19(15)28-20(26-17)25-10-22/h5-6,8,17H,3-4,7H2,1-2H3,(H6,23,24,25,26,27,28). The highest BCUT2D eigenvalue weighted by atomic mass is 16.5. The third kappa shape index (κ3) is 3.85. The molecule has 0 radical (unpaired) electrons. The van der Waals surface area contributed by atoms with Gasteiger partial charge in [-0.2, -0.15) is 10.5 Å². The molecular formula is C20H22N8O. The molecular weight excluding hydrogens is 368 g/mol. The van der Waals surface area contributed by atoms with Gasteiger partial charge in [-0.3, -0.25) is 5.32 Å². The van der Waals surface area contributed by atoms with Crippen LogP contribution in [-0.4, -0.2) is 17.6 Å². The number of hydrogen-bond acceptors (Lipinski definition) is 9. The molecule has 0 saturated heterocycles. The normalized spacial score (nSPS) is 14.6. The second kappa shape index (κ2) is 8.36. The predicted molar refractivity (Wildman–Crippen MR) is 111 cm³/mol. The average molecular weight is 390 g/mol. The van der Waals surface area contributed by atoms with Crippen LogP contribution >= 0.6 is 0 Å². The van der Waals surface area contributed by atoms with Crippen molar-refractivity contribution < 1.29 is 4.74 Å². The van der Waals surface area contributed by atoms with Crippen LogP contribution in [0.4, 0.5) is 17.3 Å². The van der Waals surface area contributed by atoms with Gasteiger partial charge in [-0.1, -0.05) is 25.0 Å². The van der Waals surface area contributed by atoms with Gasteiger partial charge in [0.15, 0.2) is 6.19 Å². The third-order valence-electron chi connectivity index (χ3n) is 4.57. The lowest BCUT2D eigenvalue weighted by molar-refractivity contribution is 0.305. The van der Waals surface area contributed by atoms with Gasteiger partial charge in [0.1, 0.15) is 35.1 Å². The summed E-state index contributed by atoms with van der Waals surface area (Å²) >= 11 is 0. The number of nitrogens with zero attached hydrogens (tertiary/aromatic N) is 4. The molecule has 148 valence electrons. The summed E-state index contributed by atoms with van der Waals surface area (Å²) in [4.78, 5) is 8.87. The van der Waals surface area contributed by atoms with Gasteiger partial charge in [-0.15, -0.1) is 0 Å². The van der Waals surface area contributed by atoms with Crippen LogP contribution in [0.5, 0.6) is 5.75 Å². The van der Waals surface area contributed by atoms with Gasteiger partial charge < -0.3 is 21.5 Å². The van der Waals surface area contributed by atoms with Gasteiger partial charge in [-0.25, -0.2) is 9.98 Å². The number of nitriles is 2. The number of anilines is 3. The highest BCUT2D eigenvalue weighted by molar-refractivity contribution is 5.98. The quantitative estimate of drug-likeness (QED) is 0.344. The molecule has 2 aromatic rings. The monoisotopic (exact) mass is 390 g/mol. The van der Waals surface area contributed by atoms with Gasteiger partial charge in [0.05, 0.1) is 12.3 Å². The van der Waals surface area contributed by atoms with E-state index in [4.69, 9.17) is 21.5 Å². The van der Waals surface area contributed by atoms with Crippen molar-refractivity contribution in [3.8, 4) is 18.0 Å². The maximum atomic E-state index is 9.45. The molecule has 0 fully saturated rings. The Labute approximate surface area is 169 Å². The van der Waals surface area contributed by atoms with Crippen molar-refractivity contribution >= 4 is 23.3 Å². The Hall–Kier alpha value is -3.98. The van der Waals surface area contributed by atoms with Gasteiger partial charge >= 0.3 is 0 Å². The zero-order chi connectivity index (χ0) is 21.0. The molecule has 9 heteroatoms. The zero-order valence-electron chi connectivity index (χ0n) is 16.3.